The molecule has 2 aromatic rings. The van der Waals surface area contributed by atoms with E-state index >= 15 is 0 Å². The summed E-state index contributed by atoms with van der Waals surface area (Å²) in [6, 6.07) is 13.2. The number of fused-ring (bicyclic) bond motifs is 3. The lowest BCUT2D eigenvalue weighted by Gasteiger charge is -2.22. The number of alkyl carbamates (subject to hydrolysis) is 1. The van der Waals surface area contributed by atoms with Gasteiger partial charge in [-0.15, -0.1) is 0 Å². The number of esters is 1. The minimum Gasteiger partial charge on any atom is -0.480 e. The van der Waals surface area contributed by atoms with Gasteiger partial charge in [0.1, 0.15) is 24.3 Å². The van der Waals surface area contributed by atoms with Gasteiger partial charge in [0.15, 0.2) is 0 Å². The molecular formula is C26H30N2O7. The molecular weight excluding hydrogens is 452 g/mol. The minimum absolute atomic E-state index is 0.0740. The van der Waals surface area contributed by atoms with Crippen LogP contribution in [0.3, 0.4) is 0 Å². The van der Waals surface area contributed by atoms with E-state index in [1.165, 1.54) is 6.92 Å². The summed E-state index contributed by atoms with van der Waals surface area (Å²) < 4.78 is 10.5. The Kier molecular flexibility index (Phi) is 7.78. The molecule has 35 heavy (non-hydrogen) atoms. The van der Waals surface area contributed by atoms with E-state index in [2.05, 4.69) is 10.6 Å². The van der Waals surface area contributed by atoms with Crippen LogP contribution in [-0.2, 0) is 23.9 Å². The summed E-state index contributed by atoms with van der Waals surface area (Å²) in [4.78, 5) is 48.3. The molecule has 0 radical (unpaired) electrons. The molecule has 0 aliphatic heterocycles. The Morgan fingerprint density at radius 2 is 1.49 bits per heavy atom. The molecule has 3 N–H and O–H groups in total. The minimum atomic E-state index is -1.50. The monoisotopic (exact) mass is 482 g/mol. The number of rotatable bonds is 8. The summed E-state index contributed by atoms with van der Waals surface area (Å²) in [5, 5.41) is 14.0. The fraction of sp³-hybridized carbons (Fsp3) is 0.385. The van der Waals surface area contributed by atoms with E-state index in [0.717, 1.165) is 22.3 Å². The number of carboxylic acid groups (broad SMARTS) is 1. The molecule has 2 aromatic carbocycles. The summed E-state index contributed by atoms with van der Waals surface area (Å²) >= 11 is 0. The highest BCUT2D eigenvalue weighted by atomic mass is 16.6. The normalized spacial score (nSPS) is 14.2. The van der Waals surface area contributed by atoms with Gasteiger partial charge in [-0.05, 0) is 49.9 Å². The summed E-state index contributed by atoms with van der Waals surface area (Å²) in [6.07, 6.45) is -1.36. The van der Waals surface area contributed by atoms with Crippen molar-refractivity contribution in [1.29, 1.82) is 0 Å². The van der Waals surface area contributed by atoms with E-state index < -0.39 is 48.0 Å². The highest BCUT2D eigenvalue weighted by molar-refractivity contribution is 5.90. The van der Waals surface area contributed by atoms with Gasteiger partial charge in [0.25, 0.3) is 0 Å². The van der Waals surface area contributed by atoms with Gasteiger partial charge in [0.2, 0.25) is 5.91 Å². The zero-order chi connectivity index (χ0) is 25.8. The molecule has 1 aliphatic carbocycles. The van der Waals surface area contributed by atoms with E-state index in [-0.39, 0.29) is 12.5 Å². The lowest BCUT2D eigenvalue weighted by molar-refractivity contribution is -0.158. The fourth-order valence-corrected chi connectivity index (χ4v) is 3.93. The van der Waals surface area contributed by atoms with Gasteiger partial charge in [-0.3, -0.25) is 9.59 Å². The molecule has 0 heterocycles. The Bertz CT molecular complexity index is 1080. The van der Waals surface area contributed by atoms with Gasteiger partial charge < -0.3 is 25.2 Å². The average Bonchev–Trinajstić information content (AvgIpc) is 3.09. The second-order valence-electron chi connectivity index (χ2n) is 9.38. The van der Waals surface area contributed by atoms with Crippen molar-refractivity contribution in [1.82, 2.24) is 10.6 Å². The van der Waals surface area contributed by atoms with Crippen LogP contribution in [0.25, 0.3) is 11.1 Å². The Hall–Kier alpha value is -3.88. The van der Waals surface area contributed by atoms with Crippen molar-refractivity contribution in [3.63, 3.8) is 0 Å². The van der Waals surface area contributed by atoms with Crippen molar-refractivity contribution in [3.8, 4) is 11.1 Å². The average molecular weight is 483 g/mol. The third kappa shape index (κ3) is 6.59. The highest BCUT2D eigenvalue weighted by Gasteiger charge is 2.31. The summed E-state index contributed by atoms with van der Waals surface area (Å²) in [7, 11) is 0. The molecule has 0 saturated heterocycles. The van der Waals surface area contributed by atoms with Crippen LogP contribution in [-0.4, -0.2) is 53.3 Å². The Morgan fingerprint density at radius 1 is 0.943 bits per heavy atom. The number of carbonyl (C=O) groups is 4. The van der Waals surface area contributed by atoms with Crippen LogP contribution in [0, 0.1) is 0 Å². The third-order valence-electron chi connectivity index (χ3n) is 5.48. The fourth-order valence-electron chi connectivity index (χ4n) is 3.93. The first-order valence-corrected chi connectivity index (χ1v) is 11.3. The van der Waals surface area contributed by atoms with Gasteiger partial charge in [0, 0.05) is 5.92 Å². The van der Waals surface area contributed by atoms with Crippen molar-refractivity contribution in [2.45, 2.75) is 57.7 Å². The van der Waals surface area contributed by atoms with E-state index in [9.17, 15) is 24.3 Å². The topological polar surface area (TPSA) is 131 Å². The predicted octanol–water partition coefficient (Wildman–Crippen LogP) is 3.21. The zero-order valence-electron chi connectivity index (χ0n) is 20.2. The van der Waals surface area contributed by atoms with Gasteiger partial charge in [0.05, 0.1) is 6.42 Å². The van der Waals surface area contributed by atoms with Crippen LogP contribution >= 0.6 is 0 Å². The number of amides is 2. The van der Waals surface area contributed by atoms with Gasteiger partial charge >= 0.3 is 18.0 Å². The smallest absolute Gasteiger partial charge is 0.407 e. The van der Waals surface area contributed by atoms with Gasteiger partial charge in [-0.1, -0.05) is 48.5 Å². The van der Waals surface area contributed by atoms with Crippen molar-refractivity contribution in [2.24, 2.45) is 0 Å². The molecule has 9 nitrogen and oxygen atoms in total. The largest absolute Gasteiger partial charge is 0.480 e. The van der Waals surface area contributed by atoms with Gasteiger partial charge in [-0.2, -0.15) is 0 Å². The number of benzene rings is 2. The first kappa shape index (κ1) is 25.7. The van der Waals surface area contributed by atoms with Crippen molar-refractivity contribution >= 4 is 23.9 Å². The van der Waals surface area contributed by atoms with Crippen molar-refractivity contribution in [3.05, 3.63) is 59.7 Å². The first-order valence-electron chi connectivity index (χ1n) is 11.3. The van der Waals surface area contributed by atoms with Gasteiger partial charge in [-0.25, -0.2) is 9.59 Å². The number of carbonyl (C=O) groups excluding carboxylic acids is 3. The van der Waals surface area contributed by atoms with Crippen molar-refractivity contribution in [2.75, 3.05) is 6.61 Å². The quantitative estimate of drug-likeness (QED) is 0.492. The maximum atomic E-state index is 12.5. The van der Waals surface area contributed by atoms with E-state index in [4.69, 9.17) is 9.47 Å². The van der Waals surface area contributed by atoms with Crippen molar-refractivity contribution < 1.29 is 33.8 Å². The standard InChI is InChI=1S/C26H30N2O7/c1-15(23(30)28-21(24(31)32)13-22(29)35-26(2,3)4)27-25(33)34-14-20-18-11-7-5-9-16(18)17-10-6-8-12-19(17)20/h5-12,15,20-21H,13-14H2,1-4H3,(H,27,33)(H,28,30)(H,31,32)/t15-,21+/m1/s1. The number of ether oxygens (including phenoxy) is 2. The summed E-state index contributed by atoms with van der Waals surface area (Å²) in [5.41, 5.74) is 3.50. The van der Waals surface area contributed by atoms with E-state index in [1.54, 1.807) is 20.8 Å². The summed E-state index contributed by atoms with van der Waals surface area (Å²) in [5.74, 6) is -3.06. The second kappa shape index (κ2) is 10.6. The molecule has 0 saturated carbocycles. The summed E-state index contributed by atoms with van der Waals surface area (Å²) in [6.45, 7) is 6.42. The molecule has 0 unspecified atom stereocenters. The SMILES string of the molecule is C[C@@H](NC(=O)OCC1c2ccccc2-c2ccccc21)C(=O)N[C@@H](CC(=O)OC(C)(C)C)C(=O)O. The molecule has 1 aliphatic rings. The van der Waals surface area contributed by atoms with Crippen LogP contribution < -0.4 is 10.6 Å². The number of hydrogen-bond acceptors (Lipinski definition) is 6. The molecule has 2 amide bonds. The predicted molar refractivity (Wildman–Crippen MR) is 128 cm³/mol. The zero-order valence-corrected chi connectivity index (χ0v) is 20.2. The Balaban J connectivity index is 1.55. The molecule has 0 spiro atoms. The lowest BCUT2D eigenvalue weighted by Crippen LogP contribution is -2.51. The Labute approximate surface area is 203 Å². The molecule has 0 aromatic heterocycles. The number of aliphatic carboxylic acids is 1. The van der Waals surface area contributed by atoms with Crippen LogP contribution in [0.5, 0.6) is 0 Å². The van der Waals surface area contributed by atoms with Crippen LogP contribution in [0.15, 0.2) is 48.5 Å². The molecule has 2 atom stereocenters. The maximum absolute atomic E-state index is 12.5. The van der Waals surface area contributed by atoms with E-state index in [1.807, 2.05) is 48.5 Å². The molecule has 0 fully saturated rings. The third-order valence-corrected chi connectivity index (χ3v) is 5.48. The first-order chi connectivity index (χ1) is 16.5. The lowest BCUT2D eigenvalue weighted by atomic mass is 9.98. The highest BCUT2D eigenvalue weighted by Crippen LogP contribution is 2.44. The Morgan fingerprint density at radius 3 is 2.00 bits per heavy atom. The van der Waals surface area contributed by atoms with Crippen LogP contribution in [0.1, 0.15) is 51.2 Å². The molecule has 3 rings (SSSR count). The molecule has 9 heteroatoms. The van der Waals surface area contributed by atoms with Crippen LogP contribution in [0.4, 0.5) is 4.79 Å². The molecule has 0 bridgehead atoms. The van der Waals surface area contributed by atoms with E-state index in [0.29, 0.717) is 0 Å². The second-order valence-corrected chi connectivity index (χ2v) is 9.38. The number of nitrogens with one attached hydrogen (secondary N) is 2. The number of hydrogen-bond donors (Lipinski definition) is 3. The van der Waals surface area contributed by atoms with Crippen LogP contribution in [0.2, 0.25) is 0 Å². The molecule has 186 valence electrons. The number of carboxylic acids is 1. The maximum Gasteiger partial charge on any atom is 0.407 e.